The summed E-state index contributed by atoms with van der Waals surface area (Å²) < 4.78 is 2.41. The standard InChI is InChI=1S/C14H23N3/c1-13(4-3-5-13)10-17-11-16-8-12(17)14(2)6-7-15-9-14/h8,11,15H,3-7,9-10H2,1-2H3. The van der Waals surface area contributed by atoms with Crippen molar-refractivity contribution in [1.82, 2.24) is 14.9 Å². The van der Waals surface area contributed by atoms with Gasteiger partial charge in [0.25, 0.3) is 0 Å². The summed E-state index contributed by atoms with van der Waals surface area (Å²) in [5, 5.41) is 3.48. The average molecular weight is 233 g/mol. The SMILES string of the molecule is CC1(Cn2cncc2C2(C)CCNC2)CCC1. The smallest absolute Gasteiger partial charge is 0.0948 e. The van der Waals surface area contributed by atoms with Crippen LogP contribution in [0.15, 0.2) is 12.5 Å². The van der Waals surface area contributed by atoms with Crippen LogP contribution in [0.2, 0.25) is 0 Å². The molecule has 1 aromatic heterocycles. The van der Waals surface area contributed by atoms with Crippen molar-refractivity contribution in [3.8, 4) is 0 Å². The second kappa shape index (κ2) is 3.84. The molecule has 0 amide bonds. The quantitative estimate of drug-likeness (QED) is 0.868. The van der Waals surface area contributed by atoms with Crippen LogP contribution < -0.4 is 5.32 Å². The topological polar surface area (TPSA) is 29.9 Å². The van der Waals surface area contributed by atoms with Gasteiger partial charge in [0, 0.05) is 30.4 Å². The molecule has 94 valence electrons. The van der Waals surface area contributed by atoms with E-state index in [0.29, 0.717) is 5.41 Å². The molecule has 1 saturated carbocycles. The number of nitrogens with zero attached hydrogens (tertiary/aromatic N) is 2. The summed E-state index contributed by atoms with van der Waals surface area (Å²) in [6, 6.07) is 0. The fraction of sp³-hybridized carbons (Fsp3) is 0.786. The fourth-order valence-electron chi connectivity index (χ4n) is 3.33. The van der Waals surface area contributed by atoms with E-state index in [1.807, 2.05) is 6.33 Å². The molecule has 17 heavy (non-hydrogen) atoms. The molecule has 2 fully saturated rings. The van der Waals surface area contributed by atoms with Crippen LogP contribution in [0, 0.1) is 5.41 Å². The Morgan fingerprint density at radius 3 is 2.76 bits per heavy atom. The maximum absolute atomic E-state index is 4.39. The van der Waals surface area contributed by atoms with E-state index in [4.69, 9.17) is 0 Å². The van der Waals surface area contributed by atoms with Crippen LogP contribution >= 0.6 is 0 Å². The molecular weight excluding hydrogens is 210 g/mol. The van der Waals surface area contributed by atoms with Gasteiger partial charge in [-0.05, 0) is 31.2 Å². The number of hydrogen-bond donors (Lipinski definition) is 1. The Hall–Kier alpha value is -0.830. The van der Waals surface area contributed by atoms with Crippen molar-refractivity contribution in [2.24, 2.45) is 5.41 Å². The van der Waals surface area contributed by atoms with Gasteiger partial charge in [-0.1, -0.05) is 20.3 Å². The first-order chi connectivity index (χ1) is 8.11. The molecule has 0 radical (unpaired) electrons. The summed E-state index contributed by atoms with van der Waals surface area (Å²) in [4.78, 5) is 4.39. The summed E-state index contributed by atoms with van der Waals surface area (Å²) in [5.74, 6) is 0. The lowest BCUT2D eigenvalue weighted by molar-refractivity contribution is 0.129. The first-order valence-electron chi connectivity index (χ1n) is 6.83. The lowest BCUT2D eigenvalue weighted by Crippen LogP contribution is -2.34. The minimum Gasteiger partial charge on any atom is -0.333 e. The van der Waals surface area contributed by atoms with Crippen molar-refractivity contribution in [1.29, 1.82) is 0 Å². The first kappa shape index (κ1) is 11.3. The fourth-order valence-corrected chi connectivity index (χ4v) is 3.33. The van der Waals surface area contributed by atoms with Crippen LogP contribution in [0.3, 0.4) is 0 Å². The van der Waals surface area contributed by atoms with Crippen LogP contribution in [0.1, 0.15) is 45.2 Å². The van der Waals surface area contributed by atoms with Crippen LogP contribution in [-0.2, 0) is 12.0 Å². The zero-order valence-electron chi connectivity index (χ0n) is 11.0. The zero-order chi connectivity index (χ0) is 11.9. The number of hydrogen-bond acceptors (Lipinski definition) is 2. The highest BCUT2D eigenvalue weighted by Crippen LogP contribution is 2.42. The second-order valence-electron chi connectivity index (χ2n) is 6.56. The molecule has 2 aliphatic rings. The van der Waals surface area contributed by atoms with Crippen molar-refractivity contribution in [3.05, 3.63) is 18.2 Å². The van der Waals surface area contributed by atoms with E-state index < -0.39 is 0 Å². The summed E-state index contributed by atoms with van der Waals surface area (Å²) in [6.45, 7) is 8.16. The molecule has 1 saturated heterocycles. The number of nitrogens with one attached hydrogen (secondary N) is 1. The van der Waals surface area contributed by atoms with Crippen LogP contribution in [0.4, 0.5) is 0 Å². The van der Waals surface area contributed by atoms with Gasteiger partial charge in [-0.25, -0.2) is 4.98 Å². The Morgan fingerprint density at radius 1 is 1.35 bits per heavy atom. The number of rotatable bonds is 3. The summed E-state index contributed by atoms with van der Waals surface area (Å²) in [6.07, 6.45) is 9.49. The predicted molar refractivity (Wildman–Crippen MR) is 69.0 cm³/mol. The van der Waals surface area contributed by atoms with Gasteiger partial charge in [-0.15, -0.1) is 0 Å². The van der Waals surface area contributed by atoms with Crippen molar-refractivity contribution in [3.63, 3.8) is 0 Å². The lowest BCUT2D eigenvalue weighted by atomic mass is 9.70. The average Bonchev–Trinajstić information content (AvgIpc) is 2.85. The molecule has 1 aromatic rings. The van der Waals surface area contributed by atoms with Crippen molar-refractivity contribution in [2.75, 3.05) is 13.1 Å². The molecule has 0 aromatic carbocycles. The van der Waals surface area contributed by atoms with Gasteiger partial charge < -0.3 is 9.88 Å². The third-order valence-corrected chi connectivity index (χ3v) is 4.81. The molecule has 1 aliphatic carbocycles. The molecule has 3 rings (SSSR count). The van der Waals surface area contributed by atoms with Gasteiger partial charge in [-0.2, -0.15) is 0 Å². The molecular formula is C14H23N3. The molecule has 1 unspecified atom stereocenters. The van der Waals surface area contributed by atoms with Crippen molar-refractivity contribution >= 4 is 0 Å². The second-order valence-corrected chi connectivity index (χ2v) is 6.56. The largest absolute Gasteiger partial charge is 0.333 e. The maximum Gasteiger partial charge on any atom is 0.0948 e. The normalized spacial score (nSPS) is 31.4. The van der Waals surface area contributed by atoms with Crippen LogP contribution in [0.25, 0.3) is 0 Å². The van der Waals surface area contributed by atoms with Crippen LogP contribution in [-0.4, -0.2) is 22.6 Å². The molecule has 1 N–H and O–H groups in total. The van der Waals surface area contributed by atoms with E-state index in [1.54, 1.807) is 0 Å². The van der Waals surface area contributed by atoms with Gasteiger partial charge in [0.15, 0.2) is 0 Å². The van der Waals surface area contributed by atoms with Crippen molar-refractivity contribution in [2.45, 2.75) is 51.5 Å². The third-order valence-electron chi connectivity index (χ3n) is 4.81. The van der Waals surface area contributed by atoms with Crippen molar-refractivity contribution < 1.29 is 0 Å². The first-order valence-corrected chi connectivity index (χ1v) is 6.83. The van der Waals surface area contributed by atoms with E-state index in [-0.39, 0.29) is 5.41 Å². The van der Waals surface area contributed by atoms with Crippen LogP contribution in [0.5, 0.6) is 0 Å². The highest BCUT2D eigenvalue weighted by Gasteiger charge is 2.37. The van der Waals surface area contributed by atoms with Gasteiger partial charge in [0.1, 0.15) is 0 Å². The third kappa shape index (κ3) is 1.90. The molecule has 0 bridgehead atoms. The molecule has 3 heteroatoms. The Balaban J connectivity index is 1.83. The Kier molecular flexibility index (Phi) is 2.54. The molecule has 3 nitrogen and oxygen atoms in total. The molecule has 1 atom stereocenters. The summed E-state index contributed by atoms with van der Waals surface area (Å²) in [5.41, 5.74) is 2.24. The molecule has 1 aliphatic heterocycles. The number of imidazole rings is 1. The zero-order valence-corrected chi connectivity index (χ0v) is 11.0. The Morgan fingerprint density at radius 2 is 2.18 bits per heavy atom. The minimum atomic E-state index is 0.288. The van der Waals surface area contributed by atoms with E-state index in [1.165, 1.54) is 31.4 Å². The highest BCUT2D eigenvalue weighted by molar-refractivity contribution is 5.17. The molecule has 2 heterocycles. The monoisotopic (exact) mass is 233 g/mol. The van der Waals surface area contributed by atoms with E-state index >= 15 is 0 Å². The summed E-state index contributed by atoms with van der Waals surface area (Å²) >= 11 is 0. The molecule has 0 spiro atoms. The lowest BCUT2D eigenvalue weighted by Gasteiger charge is -2.40. The number of aromatic nitrogens is 2. The Labute approximate surface area is 104 Å². The van der Waals surface area contributed by atoms with Gasteiger partial charge in [-0.3, -0.25) is 0 Å². The van der Waals surface area contributed by atoms with Gasteiger partial charge in [0.05, 0.1) is 6.33 Å². The van der Waals surface area contributed by atoms with E-state index in [2.05, 4.69) is 34.9 Å². The Bertz CT molecular complexity index is 397. The minimum absolute atomic E-state index is 0.288. The maximum atomic E-state index is 4.39. The van der Waals surface area contributed by atoms with E-state index in [0.717, 1.165) is 19.6 Å². The van der Waals surface area contributed by atoms with Gasteiger partial charge in [0.2, 0.25) is 0 Å². The van der Waals surface area contributed by atoms with Gasteiger partial charge >= 0.3 is 0 Å². The predicted octanol–water partition coefficient (Wildman–Crippen LogP) is 2.32. The summed E-state index contributed by atoms with van der Waals surface area (Å²) in [7, 11) is 0. The van der Waals surface area contributed by atoms with E-state index in [9.17, 15) is 0 Å². The highest BCUT2D eigenvalue weighted by atomic mass is 15.1.